The molecule has 0 saturated heterocycles. The van der Waals surface area contributed by atoms with E-state index in [4.69, 9.17) is 16.3 Å². The van der Waals surface area contributed by atoms with E-state index in [1.807, 2.05) is 13.8 Å². The number of halogens is 1. The zero-order valence-electron chi connectivity index (χ0n) is 10.2. The minimum Gasteiger partial charge on any atom is -0.285 e. The average molecular weight is 286 g/mol. The Morgan fingerprint density at radius 3 is 2.12 bits per heavy atom. The van der Waals surface area contributed by atoms with Crippen molar-refractivity contribution in [2.24, 2.45) is 5.92 Å². The second-order valence-electron chi connectivity index (χ2n) is 3.98. The molecule has 17 heavy (non-hydrogen) atoms. The van der Waals surface area contributed by atoms with Crippen LogP contribution >= 0.6 is 11.8 Å². The highest BCUT2D eigenvalue weighted by Crippen LogP contribution is 2.17. The molecule has 0 unspecified atom stereocenters. The Balaban J connectivity index is 4.34. The number of hydrogen-bond acceptors (Lipinski definition) is 3. The molecular weight excluding hydrogens is 266 g/mol. The Kier molecular flexibility index (Phi) is 7.74. The molecule has 0 bridgehead atoms. The van der Waals surface area contributed by atoms with E-state index in [0.29, 0.717) is 0 Å². The highest BCUT2D eigenvalue weighted by Gasteiger charge is 2.22. The smallest absolute Gasteiger partial charge is 0.266 e. The van der Waals surface area contributed by atoms with Crippen LogP contribution in [-0.4, -0.2) is 35.6 Å². The topological polar surface area (TPSA) is 74.7 Å². The standard InChI is InChI=1S/C10H20ClNO4S/c1-3-5-9(6-4-2)10(13)12(11)7-8-17(14,15)16/h9H,3-8H2,1-2H3,(H,14,15,16). The molecule has 0 saturated carbocycles. The first-order chi connectivity index (χ1) is 7.81. The van der Waals surface area contributed by atoms with Crippen LogP contribution in [0.3, 0.4) is 0 Å². The van der Waals surface area contributed by atoms with Crippen molar-refractivity contribution in [3.63, 3.8) is 0 Å². The van der Waals surface area contributed by atoms with Crippen LogP contribution in [-0.2, 0) is 14.9 Å². The molecule has 1 amide bonds. The lowest BCUT2D eigenvalue weighted by Crippen LogP contribution is -2.32. The lowest BCUT2D eigenvalue weighted by Gasteiger charge is -2.20. The number of carbonyl (C=O) groups excluding carboxylic acids is 1. The fourth-order valence-corrected chi connectivity index (χ4v) is 2.33. The summed E-state index contributed by atoms with van der Waals surface area (Å²) in [5.41, 5.74) is 0. The summed E-state index contributed by atoms with van der Waals surface area (Å²) in [5, 5.41) is 0. The number of carbonyl (C=O) groups is 1. The molecule has 0 aliphatic carbocycles. The molecule has 0 radical (unpaired) electrons. The average Bonchev–Trinajstić information content (AvgIpc) is 2.23. The Hall–Kier alpha value is -0.330. The summed E-state index contributed by atoms with van der Waals surface area (Å²) in [7, 11) is -4.08. The predicted molar refractivity (Wildman–Crippen MR) is 67.3 cm³/mol. The van der Waals surface area contributed by atoms with Gasteiger partial charge >= 0.3 is 0 Å². The van der Waals surface area contributed by atoms with E-state index in [2.05, 4.69) is 0 Å². The molecular formula is C10H20ClNO4S. The van der Waals surface area contributed by atoms with Gasteiger partial charge in [-0.3, -0.25) is 13.8 Å². The summed E-state index contributed by atoms with van der Waals surface area (Å²) in [6.07, 6.45) is 3.22. The molecule has 7 heteroatoms. The predicted octanol–water partition coefficient (Wildman–Crippen LogP) is 2.07. The first-order valence-electron chi connectivity index (χ1n) is 5.74. The molecule has 0 fully saturated rings. The summed E-state index contributed by atoms with van der Waals surface area (Å²) in [6, 6.07) is 0. The van der Waals surface area contributed by atoms with Crippen LogP contribution in [0.5, 0.6) is 0 Å². The lowest BCUT2D eigenvalue weighted by atomic mass is 9.97. The van der Waals surface area contributed by atoms with Crippen molar-refractivity contribution in [3.8, 4) is 0 Å². The van der Waals surface area contributed by atoms with E-state index in [1.54, 1.807) is 0 Å². The number of hydrogen-bond donors (Lipinski definition) is 1. The van der Waals surface area contributed by atoms with E-state index in [1.165, 1.54) is 0 Å². The zero-order valence-corrected chi connectivity index (χ0v) is 11.8. The molecule has 102 valence electrons. The van der Waals surface area contributed by atoms with Crippen molar-refractivity contribution in [1.29, 1.82) is 0 Å². The molecule has 0 aromatic rings. The summed E-state index contributed by atoms with van der Waals surface area (Å²) in [6.45, 7) is 3.77. The molecule has 5 nitrogen and oxygen atoms in total. The van der Waals surface area contributed by atoms with Gasteiger partial charge in [0.2, 0.25) is 5.91 Å². The second-order valence-corrected chi connectivity index (χ2v) is 5.96. The second kappa shape index (κ2) is 7.89. The molecule has 0 aliphatic rings. The fraction of sp³-hybridized carbons (Fsp3) is 0.900. The van der Waals surface area contributed by atoms with Crippen molar-refractivity contribution in [2.45, 2.75) is 39.5 Å². The maximum absolute atomic E-state index is 11.9. The van der Waals surface area contributed by atoms with Crippen molar-refractivity contribution in [3.05, 3.63) is 0 Å². The van der Waals surface area contributed by atoms with E-state index < -0.39 is 15.9 Å². The largest absolute Gasteiger partial charge is 0.285 e. The Morgan fingerprint density at radius 1 is 1.29 bits per heavy atom. The first kappa shape index (κ1) is 16.7. The van der Waals surface area contributed by atoms with Crippen molar-refractivity contribution in [2.75, 3.05) is 12.3 Å². The van der Waals surface area contributed by atoms with Gasteiger partial charge in [-0.05, 0) is 12.8 Å². The van der Waals surface area contributed by atoms with Gasteiger partial charge in [-0.1, -0.05) is 26.7 Å². The Bertz CT molecular complexity index is 325. The van der Waals surface area contributed by atoms with Crippen LogP contribution in [0.15, 0.2) is 0 Å². The van der Waals surface area contributed by atoms with Gasteiger partial charge in [-0.15, -0.1) is 0 Å². The maximum Gasteiger partial charge on any atom is 0.266 e. The van der Waals surface area contributed by atoms with Gasteiger partial charge in [-0.2, -0.15) is 8.42 Å². The third-order valence-corrected chi connectivity index (χ3v) is 3.44. The molecule has 0 aliphatic heterocycles. The maximum atomic E-state index is 11.9. The Labute approximate surface area is 108 Å². The van der Waals surface area contributed by atoms with Gasteiger partial charge in [0.25, 0.3) is 10.1 Å². The van der Waals surface area contributed by atoms with E-state index >= 15 is 0 Å². The third-order valence-electron chi connectivity index (χ3n) is 2.41. The molecule has 0 spiro atoms. The van der Waals surface area contributed by atoms with E-state index in [9.17, 15) is 13.2 Å². The molecule has 0 aromatic heterocycles. The molecule has 0 aromatic carbocycles. The molecule has 0 rings (SSSR count). The van der Waals surface area contributed by atoms with Crippen molar-refractivity contribution >= 4 is 27.8 Å². The van der Waals surface area contributed by atoms with Gasteiger partial charge in [0.05, 0.1) is 12.3 Å². The normalized spacial score (nSPS) is 11.8. The van der Waals surface area contributed by atoms with Gasteiger partial charge in [0.15, 0.2) is 0 Å². The molecule has 0 atom stereocenters. The van der Waals surface area contributed by atoms with Crippen molar-refractivity contribution in [1.82, 2.24) is 4.42 Å². The quantitative estimate of drug-likeness (QED) is 0.547. The van der Waals surface area contributed by atoms with Gasteiger partial charge in [0, 0.05) is 17.7 Å². The van der Waals surface area contributed by atoms with Crippen LogP contribution in [0, 0.1) is 5.92 Å². The molecule has 0 heterocycles. The van der Waals surface area contributed by atoms with E-state index in [0.717, 1.165) is 30.1 Å². The number of rotatable bonds is 8. The van der Waals surface area contributed by atoms with Crippen LogP contribution in [0.4, 0.5) is 0 Å². The van der Waals surface area contributed by atoms with Crippen LogP contribution in [0.1, 0.15) is 39.5 Å². The summed E-state index contributed by atoms with van der Waals surface area (Å²) >= 11 is 5.71. The summed E-state index contributed by atoms with van der Waals surface area (Å²) in [5.74, 6) is -0.962. The minimum absolute atomic E-state index is 0.163. The van der Waals surface area contributed by atoms with Crippen LogP contribution in [0.2, 0.25) is 0 Å². The SMILES string of the molecule is CCCC(CCC)C(=O)N(Cl)CCS(=O)(=O)O. The first-order valence-corrected chi connectivity index (χ1v) is 7.68. The van der Waals surface area contributed by atoms with Gasteiger partial charge in [-0.25, -0.2) is 0 Å². The van der Waals surface area contributed by atoms with Gasteiger partial charge < -0.3 is 0 Å². The third kappa shape index (κ3) is 7.57. The minimum atomic E-state index is -4.08. The number of nitrogens with zero attached hydrogens (tertiary/aromatic N) is 1. The highest BCUT2D eigenvalue weighted by atomic mass is 35.5. The molecule has 1 N–H and O–H groups in total. The highest BCUT2D eigenvalue weighted by molar-refractivity contribution is 7.85. The van der Waals surface area contributed by atoms with Crippen LogP contribution in [0.25, 0.3) is 0 Å². The van der Waals surface area contributed by atoms with Crippen LogP contribution < -0.4 is 0 Å². The zero-order chi connectivity index (χ0) is 13.5. The van der Waals surface area contributed by atoms with Gasteiger partial charge in [0.1, 0.15) is 0 Å². The van der Waals surface area contributed by atoms with Crippen molar-refractivity contribution < 1.29 is 17.8 Å². The fourth-order valence-electron chi connectivity index (χ4n) is 1.59. The summed E-state index contributed by atoms with van der Waals surface area (Å²) < 4.78 is 30.5. The summed E-state index contributed by atoms with van der Waals surface area (Å²) in [4.78, 5) is 11.9. The number of amides is 1. The Morgan fingerprint density at radius 2 is 1.76 bits per heavy atom. The monoisotopic (exact) mass is 285 g/mol. The lowest BCUT2D eigenvalue weighted by molar-refractivity contribution is -0.131. The van der Waals surface area contributed by atoms with E-state index in [-0.39, 0.29) is 18.4 Å².